The van der Waals surface area contributed by atoms with Gasteiger partial charge in [-0.15, -0.1) is 10.2 Å². The molecular weight excluding hydrogens is 342 g/mol. The first-order valence-corrected chi connectivity index (χ1v) is 8.30. The number of hydrogen-bond acceptors (Lipinski definition) is 5. The molecule has 3 aromatic heterocycles. The number of benzene rings is 1. The number of nitrogens with one attached hydrogen (secondary N) is 1. The van der Waals surface area contributed by atoms with Crippen molar-refractivity contribution in [1.29, 1.82) is 0 Å². The number of imidazole rings is 1. The average Bonchev–Trinajstić information content (AvgIpc) is 3.30. The average molecular weight is 359 g/mol. The summed E-state index contributed by atoms with van der Waals surface area (Å²) in [6.07, 6.45) is 6.72. The van der Waals surface area contributed by atoms with Gasteiger partial charge in [0.25, 0.3) is 5.91 Å². The van der Waals surface area contributed by atoms with Crippen molar-refractivity contribution in [2.75, 3.05) is 5.32 Å². The van der Waals surface area contributed by atoms with Gasteiger partial charge in [-0.25, -0.2) is 4.98 Å². The summed E-state index contributed by atoms with van der Waals surface area (Å²) in [6, 6.07) is 11.1. The number of aromatic nitrogens is 6. The smallest absolute Gasteiger partial charge is 0.274 e. The van der Waals surface area contributed by atoms with Crippen molar-refractivity contribution in [3.63, 3.8) is 0 Å². The maximum Gasteiger partial charge on any atom is 0.274 e. The maximum atomic E-state index is 12.7. The number of aryl methyl sites for hydroxylation is 2. The summed E-state index contributed by atoms with van der Waals surface area (Å²) in [7, 11) is 3.77. The Hall–Kier alpha value is -3.81. The van der Waals surface area contributed by atoms with Crippen LogP contribution in [0.1, 0.15) is 10.5 Å². The number of rotatable bonds is 4. The predicted octanol–water partition coefficient (Wildman–Crippen LogP) is 2.53. The van der Waals surface area contributed by atoms with E-state index in [1.54, 1.807) is 31.1 Å². The van der Waals surface area contributed by atoms with Crippen molar-refractivity contribution in [3.05, 3.63) is 67.1 Å². The minimum absolute atomic E-state index is 0.283. The lowest BCUT2D eigenvalue weighted by Gasteiger charge is -2.08. The first kappa shape index (κ1) is 16.6. The van der Waals surface area contributed by atoms with Crippen LogP contribution in [0, 0.1) is 0 Å². The molecular formula is C19H17N7O. The molecule has 0 bridgehead atoms. The number of carbonyl (C=O) groups excluding carboxylic acids is 1. The number of hydrogen-bond donors (Lipinski definition) is 1. The molecule has 0 aliphatic rings. The standard InChI is InChI=1S/C19H17N7O/c1-25-11-20-10-17(25)13-6-7-21-16(9-13)19(27)23-15-5-3-4-14(8-15)18-24-22-12-26(18)2/h3-12H,1-2H3,(H,23,27). The zero-order valence-corrected chi connectivity index (χ0v) is 14.9. The van der Waals surface area contributed by atoms with Gasteiger partial charge in [0.05, 0.1) is 18.2 Å². The van der Waals surface area contributed by atoms with Gasteiger partial charge >= 0.3 is 0 Å². The second-order valence-electron chi connectivity index (χ2n) is 6.12. The van der Waals surface area contributed by atoms with Crippen molar-refractivity contribution < 1.29 is 4.79 Å². The molecule has 0 radical (unpaired) electrons. The fourth-order valence-electron chi connectivity index (χ4n) is 2.83. The highest BCUT2D eigenvalue weighted by atomic mass is 16.1. The van der Waals surface area contributed by atoms with Crippen LogP contribution in [0.4, 0.5) is 5.69 Å². The van der Waals surface area contributed by atoms with Crippen LogP contribution in [0.15, 0.2) is 61.4 Å². The molecule has 4 aromatic rings. The van der Waals surface area contributed by atoms with E-state index in [0.29, 0.717) is 11.4 Å². The molecule has 0 aliphatic carbocycles. The molecule has 8 heteroatoms. The Balaban J connectivity index is 1.58. The summed E-state index contributed by atoms with van der Waals surface area (Å²) in [6.45, 7) is 0. The molecule has 1 aromatic carbocycles. The Morgan fingerprint density at radius 1 is 1.04 bits per heavy atom. The predicted molar refractivity (Wildman–Crippen MR) is 101 cm³/mol. The van der Waals surface area contributed by atoms with E-state index in [2.05, 4.69) is 25.5 Å². The Morgan fingerprint density at radius 2 is 1.93 bits per heavy atom. The Morgan fingerprint density at radius 3 is 2.67 bits per heavy atom. The van der Waals surface area contributed by atoms with Gasteiger partial charge in [-0.3, -0.25) is 9.78 Å². The molecule has 1 N–H and O–H groups in total. The van der Waals surface area contributed by atoms with Crippen LogP contribution in [0.3, 0.4) is 0 Å². The van der Waals surface area contributed by atoms with E-state index < -0.39 is 0 Å². The normalized spacial score (nSPS) is 10.7. The first-order chi connectivity index (χ1) is 13.1. The minimum Gasteiger partial charge on any atom is -0.334 e. The van der Waals surface area contributed by atoms with Crippen LogP contribution in [-0.2, 0) is 14.1 Å². The lowest BCUT2D eigenvalue weighted by Crippen LogP contribution is -2.13. The highest BCUT2D eigenvalue weighted by Gasteiger charge is 2.12. The van der Waals surface area contributed by atoms with E-state index in [1.165, 1.54) is 0 Å². The molecule has 3 heterocycles. The van der Waals surface area contributed by atoms with E-state index in [-0.39, 0.29) is 5.91 Å². The number of carbonyl (C=O) groups is 1. The fourth-order valence-corrected chi connectivity index (χ4v) is 2.83. The third-order valence-electron chi connectivity index (χ3n) is 4.20. The molecule has 8 nitrogen and oxygen atoms in total. The van der Waals surface area contributed by atoms with Crippen LogP contribution in [0.5, 0.6) is 0 Å². The van der Waals surface area contributed by atoms with E-state index >= 15 is 0 Å². The quantitative estimate of drug-likeness (QED) is 0.605. The number of pyridine rings is 1. The number of nitrogens with zero attached hydrogens (tertiary/aromatic N) is 6. The summed E-state index contributed by atoms with van der Waals surface area (Å²) in [5.74, 6) is 0.441. The molecule has 0 atom stereocenters. The second kappa shape index (κ2) is 6.83. The second-order valence-corrected chi connectivity index (χ2v) is 6.12. The fraction of sp³-hybridized carbons (Fsp3) is 0.105. The molecule has 0 aliphatic heterocycles. The molecule has 0 unspecified atom stereocenters. The SMILES string of the molecule is Cn1cncc1-c1ccnc(C(=O)Nc2cccc(-c3nncn3C)c2)c1. The molecule has 4 rings (SSSR count). The van der Waals surface area contributed by atoms with Gasteiger partial charge in [-0.05, 0) is 24.3 Å². The molecule has 1 amide bonds. The summed E-state index contributed by atoms with van der Waals surface area (Å²) in [4.78, 5) is 21.0. The Kier molecular flexibility index (Phi) is 4.21. The van der Waals surface area contributed by atoms with Gasteiger partial charge in [-0.2, -0.15) is 0 Å². The van der Waals surface area contributed by atoms with Crippen molar-refractivity contribution in [3.8, 4) is 22.6 Å². The van der Waals surface area contributed by atoms with Crippen LogP contribution in [0.25, 0.3) is 22.6 Å². The molecule has 0 spiro atoms. The lowest BCUT2D eigenvalue weighted by atomic mass is 10.1. The van der Waals surface area contributed by atoms with E-state index in [4.69, 9.17) is 0 Å². The summed E-state index contributed by atoms with van der Waals surface area (Å²) >= 11 is 0. The molecule has 27 heavy (non-hydrogen) atoms. The van der Waals surface area contributed by atoms with Crippen LogP contribution in [0.2, 0.25) is 0 Å². The van der Waals surface area contributed by atoms with Crippen molar-refractivity contribution in [1.82, 2.24) is 29.3 Å². The van der Waals surface area contributed by atoms with Crippen molar-refractivity contribution >= 4 is 11.6 Å². The van der Waals surface area contributed by atoms with E-state index in [0.717, 1.165) is 22.6 Å². The number of anilines is 1. The van der Waals surface area contributed by atoms with E-state index in [9.17, 15) is 4.79 Å². The number of amides is 1. The Labute approximate surface area is 155 Å². The first-order valence-electron chi connectivity index (χ1n) is 8.30. The van der Waals surface area contributed by atoms with Gasteiger partial charge in [0.2, 0.25) is 0 Å². The Bertz CT molecular complexity index is 1110. The van der Waals surface area contributed by atoms with Gasteiger partial charge in [0, 0.05) is 37.1 Å². The van der Waals surface area contributed by atoms with Gasteiger partial charge < -0.3 is 14.5 Å². The molecule has 0 saturated carbocycles. The lowest BCUT2D eigenvalue weighted by molar-refractivity contribution is 0.102. The third kappa shape index (κ3) is 3.32. The van der Waals surface area contributed by atoms with Crippen LogP contribution >= 0.6 is 0 Å². The van der Waals surface area contributed by atoms with Crippen molar-refractivity contribution in [2.45, 2.75) is 0 Å². The maximum absolute atomic E-state index is 12.7. The van der Waals surface area contributed by atoms with Gasteiger partial charge in [0.1, 0.15) is 12.0 Å². The molecule has 0 fully saturated rings. The zero-order valence-electron chi connectivity index (χ0n) is 14.9. The van der Waals surface area contributed by atoms with Crippen LogP contribution < -0.4 is 5.32 Å². The topological polar surface area (TPSA) is 90.5 Å². The third-order valence-corrected chi connectivity index (χ3v) is 4.20. The minimum atomic E-state index is -0.283. The van der Waals surface area contributed by atoms with Crippen molar-refractivity contribution in [2.24, 2.45) is 14.1 Å². The molecule has 0 saturated heterocycles. The highest BCUT2D eigenvalue weighted by Crippen LogP contribution is 2.22. The van der Waals surface area contributed by atoms with Gasteiger partial charge in [0.15, 0.2) is 5.82 Å². The highest BCUT2D eigenvalue weighted by molar-refractivity contribution is 6.03. The zero-order chi connectivity index (χ0) is 18.8. The van der Waals surface area contributed by atoms with Gasteiger partial charge in [-0.1, -0.05) is 12.1 Å². The van der Waals surface area contributed by atoms with E-state index in [1.807, 2.05) is 53.6 Å². The monoisotopic (exact) mass is 359 g/mol. The summed E-state index contributed by atoms with van der Waals surface area (Å²) in [5.41, 5.74) is 3.65. The largest absolute Gasteiger partial charge is 0.334 e. The molecule has 134 valence electrons. The summed E-state index contributed by atoms with van der Waals surface area (Å²) in [5, 5.41) is 10.9. The summed E-state index contributed by atoms with van der Waals surface area (Å²) < 4.78 is 3.71. The van der Waals surface area contributed by atoms with Crippen LogP contribution in [-0.4, -0.2) is 35.2 Å².